The maximum Gasteiger partial charge on any atom is 0.270 e. The molecule has 0 unspecified atom stereocenters. The molecule has 0 spiro atoms. The van der Waals surface area contributed by atoms with E-state index in [4.69, 9.17) is 5.11 Å². The van der Waals surface area contributed by atoms with Gasteiger partial charge in [0.05, 0.1) is 17.2 Å². The molecule has 0 saturated heterocycles. The predicted molar refractivity (Wildman–Crippen MR) is 70.8 cm³/mol. The Labute approximate surface area is 107 Å². The van der Waals surface area contributed by atoms with Crippen LogP contribution in [0.2, 0.25) is 0 Å². The van der Waals surface area contributed by atoms with Crippen molar-refractivity contribution >= 4 is 34.0 Å². The topological polar surface area (TPSA) is 66.6 Å². The Morgan fingerprint density at radius 1 is 1.56 bits per heavy atom. The van der Waals surface area contributed by atoms with Crippen LogP contribution in [-0.4, -0.2) is 29.7 Å². The minimum absolute atomic E-state index is 0.0703. The fraction of sp³-hybridized carbons (Fsp3) is 0.400. The highest BCUT2D eigenvalue weighted by Gasteiger charge is 2.12. The van der Waals surface area contributed by atoms with E-state index in [0.29, 0.717) is 6.54 Å². The summed E-state index contributed by atoms with van der Waals surface area (Å²) in [6, 6.07) is 4.74. The van der Waals surface area contributed by atoms with Gasteiger partial charge in [-0.25, -0.2) is 0 Å². The number of halogens is 1. The first-order valence-corrected chi connectivity index (χ1v) is 5.97. The van der Waals surface area contributed by atoms with Gasteiger partial charge in [0, 0.05) is 28.8 Å². The molecule has 0 fully saturated rings. The van der Waals surface area contributed by atoms with Crippen LogP contribution in [0.4, 0.5) is 11.4 Å². The Morgan fingerprint density at radius 3 is 2.69 bits per heavy atom. The third-order valence-electron chi connectivity index (χ3n) is 2.23. The number of nitro groups is 1. The average Bonchev–Trinajstić information content (AvgIpc) is 2.26. The molecule has 1 aromatic rings. The van der Waals surface area contributed by atoms with E-state index in [1.165, 1.54) is 12.1 Å². The predicted octanol–water partition coefficient (Wildman–Crippen LogP) is 2.02. The molecule has 1 aromatic carbocycles. The van der Waals surface area contributed by atoms with Crippen LogP contribution in [0, 0.1) is 13.7 Å². The molecule has 0 atom stereocenters. The molecule has 0 saturated carbocycles. The highest BCUT2D eigenvalue weighted by atomic mass is 127. The summed E-state index contributed by atoms with van der Waals surface area (Å²) in [5.41, 5.74) is 1.01. The minimum Gasteiger partial charge on any atom is -0.395 e. The summed E-state index contributed by atoms with van der Waals surface area (Å²) in [5.74, 6) is 0. The number of likely N-dealkylation sites (N-methyl/N-ethyl adjacent to an activating group) is 1. The largest absolute Gasteiger partial charge is 0.395 e. The Bertz CT molecular complexity index is 384. The van der Waals surface area contributed by atoms with Crippen LogP contribution in [0.1, 0.15) is 6.92 Å². The lowest BCUT2D eigenvalue weighted by Crippen LogP contribution is -2.26. The van der Waals surface area contributed by atoms with Gasteiger partial charge in [0.2, 0.25) is 0 Å². The summed E-state index contributed by atoms with van der Waals surface area (Å²) in [6.45, 7) is 3.34. The lowest BCUT2D eigenvalue weighted by molar-refractivity contribution is -0.384. The van der Waals surface area contributed by atoms with Crippen LogP contribution in [0.5, 0.6) is 0 Å². The molecule has 0 heterocycles. The van der Waals surface area contributed by atoms with Crippen molar-refractivity contribution in [1.82, 2.24) is 0 Å². The summed E-state index contributed by atoms with van der Waals surface area (Å²) in [5, 5.41) is 19.5. The van der Waals surface area contributed by atoms with Gasteiger partial charge in [-0.15, -0.1) is 0 Å². The highest BCUT2D eigenvalue weighted by molar-refractivity contribution is 14.1. The van der Waals surface area contributed by atoms with E-state index >= 15 is 0 Å². The quantitative estimate of drug-likeness (QED) is 0.508. The lowest BCUT2D eigenvalue weighted by Gasteiger charge is -2.23. The number of aliphatic hydroxyl groups excluding tert-OH is 1. The van der Waals surface area contributed by atoms with Gasteiger partial charge < -0.3 is 10.0 Å². The second-order valence-corrected chi connectivity index (χ2v) is 4.36. The van der Waals surface area contributed by atoms with Crippen molar-refractivity contribution in [3.8, 4) is 0 Å². The number of rotatable bonds is 5. The molecule has 16 heavy (non-hydrogen) atoms. The molecule has 1 rings (SSSR count). The van der Waals surface area contributed by atoms with Crippen molar-refractivity contribution in [3.05, 3.63) is 31.9 Å². The molecule has 1 N–H and O–H groups in total. The molecule has 0 bridgehead atoms. The second-order valence-electron chi connectivity index (χ2n) is 3.20. The van der Waals surface area contributed by atoms with Gasteiger partial charge in [-0.2, -0.15) is 0 Å². The van der Waals surface area contributed by atoms with Crippen LogP contribution in [-0.2, 0) is 0 Å². The molecule has 88 valence electrons. The molecule has 0 aliphatic rings. The molecule has 6 heteroatoms. The average molecular weight is 336 g/mol. The molecule has 0 aliphatic carbocycles. The van der Waals surface area contributed by atoms with Crippen molar-refractivity contribution in [3.63, 3.8) is 0 Å². The van der Waals surface area contributed by atoms with Crippen molar-refractivity contribution in [2.24, 2.45) is 0 Å². The first-order valence-electron chi connectivity index (χ1n) is 4.90. The van der Waals surface area contributed by atoms with Gasteiger partial charge in [0.15, 0.2) is 0 Å². The number of nitrogens with zero attached hydrogens (tertiary/aromatic N) is 2. The van der Waals surface area contributed by atoms with E-state index in [-0.39, 0.29) is 12.3 Å². The van der Waals surface area contributed by atoms with Crippen molar-refractivity contribution in [2.45, 2.75) is 6.92 Å². The number of aliphatic hydroxyl groups is 1. The number of hydrogen-bond donors (Lipinski definition) is 1. The van der Waals surface area contributed by atoms with Gasteiger partial charge >= 0.3 is 0 Å². The van der Waals surface area contributed by atoms with E-state index in [1.54, 1.807) is 6.07 Å². The summed E-state index contributed by atoms with van der Waals surface area (Å²) in [6.07, 6.45) is 0. The Morgan fingerprint density at radius 2 is 2.25 bits per heavy atom. The molecule has 5 nitrogen and oxygen atoms in total. The van der Waals surface area contributed by atoms with Crippen molar-refractivity contribution in [1.29, 1.82) is 0 Å². The normalized spacial score (nSPS) is 10.2. The Balaban J connectivity index is 3.01. The fourth-order valence-corrected chi connectivity index (χ4v) is 2.28. The van der Waals surface area contributed by atoms with Gasteiger partial charge in [-0.3, -0.25) is 10.1 Å². The van der Waals surface area contributed by atoms with E-state index in [9.17, 15) is 10.1 Å². The number of hydrogen-bond acceptors (Lipinski definition) is 4. The van der Waals surface area contributed by atoms with Gasteiger partial charge in [-0.05, 0) is 35.6 Å². The first kappa shape index (κ1) is 13.2. The molecule has 0 aliphatic heterocycles. The Hall–Kier alpha value is -0.890. The van der Waals surface area contributed by atoms with Crippen LogP contribution >= 0.6 is 22.6 Å². The number of anilines is 1. The molecule has 0 radical (unpaired) electrons. The maximum absolute atomic E-state index is 10.6. The van der Waals surface area contributed by atoms with E-state index in [1.807, 2.05) is 11.8 Å². The SMILES string of the molecule is CCN(CCO)c1ccc([N+](=O)[O-])cc1I. The van der Waals surface area contributed by atoms with E-state index < -0.39 is 4.92 Å². The van der Waals surface area contributed by atoms with E-state index in [2.05, 4.69) is 22.6 Å². The fourth-order valence-electron chi connectivity index (χ4n) is 1.44. The first-order chi connectivity index (χ1) is 7.60. The zero-order chi connectivity index (χ0) is 12.1. The smallest absolute Gasteiger partial charge is 0.270 e. The number of non-ortho nitro benzene ring substituents is 1. The third kappa shape index (κ3) is 3.05. The maximum atomic E-state index is 10.6. The summed E-state index contributed by atoms with van der Waals surface area (Å²) in [7, 11) is 0. The van der Waals surface area contributed by atoms with E-state index in [0.717, 1.165) is 15.8 Å². The molecule has 0 amide bonds. The summed E-state index contributed by atoms with van der Waals surface area (Å²) < 4.78 is 0.821. The van der Waals surface area contributed by atoms with Crippen LogP contribution < -0.4 is 4.90 Å². The van der Waals surface area contributed by atoms with Crippen LogP contribution in [0.15, 0.2) is 18.2 Å². The molecular formula is C10H13IN2O3. The standard InChI is InChI=1S/C10H13IN2O3/c1-2-12(5-6-14)10-4-3-8(13(15)16)7-9(10)11/h3-4,7,14H,2,5-6H2,1H3. The van der Waals surface area contributed by atoms with Crippen molar-refractivity contribution in [2.75, 3.05) is 24.6 Å². The van der Waals surface area contributed by atoms with Gasteiger partial charge in [0.25, 0.3) is 5.69 Å². The Kier molecular flexibility index (Phi) is 4.94. The van der Waals surface area contributed by atoms with Gasteiger partial charge in [-0.1, -0.05) is 0 Å². The van der Waals surface area contributed by atoms with Crippen LogP contribution in [0.25, 0.3) is 0 Å². The molecule has 0 aromatic heterocycles. The van der Waals surface area contributed by atoms with Crippen LogP contribution in [0.3, 0.4) is 0 Å². The summed E-state index contributed by atoms with van der Waals surface area (Å²) >= 11 is 2.07. The zero-order valence-electron chi connectivity index (χ0n) is 8.89. The number of nitro benzene ring substituents is 1. The zero-order valence-corrected chi connectivity index (χ0v) is 11.0. The monoisotopic (exact) mass is 336 g/mol. The number of benzene rings is 1. The highest BCUT2D eigenvalue weighted by Crippen LogP contribution is 2.26. The second kappa shape index (κ2) is 6.00. The summed E-state index contributed by atoms with van der Waals surface area (Å²) in [4.78, 5) is 12.1. The molecular weight excluding hydrogens is 323 g/mol. The lowest BCUT2D eigenvalue weighted by atomic mass is 10.2. The van der Waals surface area contributed by atoms with Gasteiger partial charge in [0.1, 0.15) is 0 Å². The third-order valence-corrected chi connectivity index (χ3v) is 3.10. The minimum atomic E-state index is -0.408. The van der Waals surface area contributed by atoms with Crippen molar-refractivity contribution < 1.29 is 10.0 Å².